The second kappa shape index (κ2) is 8.23. The van der Waals surface area contributed by atoms with Crippen molar-refractivity contribution in [2.45, 2.75) is 71.4 Å². The van der Waals surface area contributed by atoms with Crippen molar-refractivity contribution in [3.05, 3.63) is 12.2 Å². The van der Waals surface area contributed by atoms with Crippen LogP contribution in [0.15, 0.2) is 6.33 Å². The molecule has 0 bridgehead atoms. The van der Waals surface area contributed by atoms with Crippen molar-refractivity contribution in [2.75, 3.05) is 0 Å². The highest BCUT2D eigenvalue weighted by Gasteiger charge is 2.04. The van der Waals surface area contributed by atoms with Crippen molar-refractivity contribution in [3.63, 3.8) is 0 Å². The standard InChI is InChI=1S/C13H26N4/c1-3-4-5-6-7-8-9-10-17-11-15-13(16-17)12(2)14/h11-12H,3-10,14H2,1-2H3. The minimum absolute atomic E-state index is 0.0645. The summed E-state index contributed by atoms with van der Waals surface area (Å²) in [7, 11) is 0. The van der Waals surface area contributed by atoms with Gasteiger partial charge in [0.1, 0.15) is 6.33 Å². The highest BCUT2D eigenvalue weighted by Crippen LogP contribution is 2.08. The molecule has 2 N–H and O–H groups in total. The van der Waals surface area contributed by atoms with Gasteiger partial charge in [0.25, 0.3) is 0 Å². The third kappa shape index (κ3) is 5.82. The molecule has 0 saturated heterocycles. The zero-order valence-electron chi connectivity index (χ0n) is 11.2. The lowest BCUT2D eigenvalue weighted by Crippen LogP contribution is -2.08. The van der Waals surface area contributed by atoms with Crippen LogP contribution >= 0.6 is 0 Å². The molecule has 0 saturated carbocycles. The van der Waals surface area contributed by atoms with Gasteiger partial charge in [0.05, 0.1) is 6.04 Å². The van der Waals surface area contributed by atoms with Crippen molar-refractivity contribution in [1.29, 1.82) is 0 Å². The highest BCUT2D eigenvalue weighted by molar-refractivity contribution is 4.87. The fourth-order valence-electron chi connectivity index (χ4n) is 1.86. The topological polar surface area (TPSA) is 56.7 Å². The van der Waals surface area contributed by atoms with Crippen LogP contribution in [0, 0.1) is 0 Å². The Morgan fingerprint density at radius 1 is 1.18 bits per heavy atom. The summed E-state index contributed by atoms with van der Waals surface area (Å²) in [6, 6.07) is -0.0645. The van der Waals surface area contributed by atoms with Crippen LogP contribution in [-0.4, -0.2) is 14.8 Å². The molecule has 17 heavy (non-hydrogen) atoms. The summed E-state index contributed by atoms with van der Waals surface area (Å²) >= 11 is 0. The third-order valence-corrected chi connectivity index (χ3v) is 2.95. The molecule has 1 aromatic rings. The van der Waals surface area contributed by atoms with Gasteiger partial charge in [-0.2, -0.15) is 5.10 Å². The van der Waals surface area contributed by atoms with E-state index in [4.69, 9.17) is 5.73 Å². The number of hydrogen-bond acceptors (Lipinski definition) is 3. The third-order valence-electron chi connectivity index (χ3n) is 2.95. The minimum Gasteiger partial charge on any atom is -0.321 e. The molecule has 1 aromatic heterocycles. The number of hydrogen-bond donors (Lipinski definition) is 1. The second-order valence-corrected chi connectivity index (χ2v) is 4.78. The van der Waals surface area contributed by atoms with E-state index in [0.29, 0.717) is 0 Å². The summed E-state index contributed by atoms with van der Waals surface area (Å²) in [4.78, 5) is 4.18. The van der Waals surface area contributed by atoms with E-state index >= 15 is 0 Å². The number of rotatable bonds is 9. The molecule has 0 radical (unpaired) electrons. The van der Waals surface area contributed by atoms with Crippen LogP contribution in [0.2, 0.25) is 0 Å². The van der Waals surface area contributed by atoms with Crippen molar-refractivity contribution >= 4 is 0 Å². The maximum atomic E-state index is 5.71. The zero-order valence-corrected chi connectivity index (χ0v) is 11.2. The molecule has 0 aromatic carbocycles. The Labute approximate surface area is 105 Å². The van der Waals surface area contributed by atoms with Crippen LogP contribution in [0.25, 0.3) is 0 Å². The molecular formula is C13H26N4. The van der Waals surface area contributed by atoms with Crippen molar-refractivity contribution in [3.8, 4) is 0 Å². The summed E-state index contributed by atoms with van der Waals surface area (Å²) in [6.07, 6.45) is 11.1. The maximum absolute atomic E-state index is 5.71. The lowest BCUT2D eigenvalue weighted by molar-refractivity contribution is 0.517. The van der Waals surface area contributed by atoms with Crippen molar-refractivity contribution < 1.29 is 0 Å². The Bertz CT molecular complexity index is 293. The number of nitrogens with zero attached hydrogens (tertiary/aromatic N) is 3. The summed E-state index contributed by atoms with van der Waals surface area (Å²) in [5.41, 5.74) is 5.71. The number of unbranched alkanes of at least 4 members (excludes halogenated alkanes) is 6. The Kier molecular flexibility index (Phi) is 6.86. The maximum Gasteiger partial charge on any atom is 0.166 e. The minimum atomic E-state index is -0.0645. The first-order valence-electron chi connectivity index (χ1n) is 6.89. The molecule has 1 rings (SSSR count). The normalized spacial score (nSPS) is 12.9. The fraction of sp³-hybridized carbons (Fsp3) is 0.846. The predicted molar refractivity (Wildman–Crippen MR) is 70.6 cm³/mol. The zero-order chi connectivity index (χ0) is 12.5. The highest BCUT2D eigenvalue weighted by atomic mass is 15.3. The van der Waals surface area contributed by atoms with Crippen LogP contribution in [0.1, 0.15) is 70.7 Å². The van der Waals surface area contributed by atoms with Gasteiger partial charge in [-0.05, 0) is 13.3 Å². The van der Waals surface area contributed by atoms with E-state index in [1.165, 1.54) is 44.9 Å². The Balaban J connectivity index is 2.05. The smallest absolute Gasteiger partial charge is 0.166 e. The van der Waals surface area contributed by atoms with E-state index in [0.717, 1.165) is 12.4 Å². The van der Waals surface area contributed by atoms with E-state index in [1.807, 2.05) is 11.6 Å². The lowest BCUT2D eigenvalue weighted by Gasteiger charge is -2.02. The van der Waals surface area contributed by atoms with Gasteiger partial charge in [-0.15, -0.1) is 0 Å². The molecule has 0 aliphatic heterocycles. The predicted octanol–water partition coefficient (Wildman–Crippen LogP) is 3.05. The van der Waals surface area contributed by atoms with Crippen LogP contribution in [-0.2, 0) is 6.54 Å². The van der Waals surface area contributed by atoms with Gasteiger partial charge >= 0.3 is 0 Å². The van der Waals surface area contributed by atoms with Gasteiger partial charge in [-0.3, -0.25) is 4.68 Å². The van der Waals surface area contributed by atoms with Gasteiger partial charge in [-0.25, -0.2) is 4.98 Å². The van der Waals surface area contributed by atoms with E-state index in [-0.39, 0.29) is 6.04 Å². The molecule has 1 heterocycles. The summed E-state index contributed by atoms with van der Waals surface area (Å²) in [6.45, 7) is 5.13. The Morgan fingerprint density at radius 3 is 2.41 bits per heavy atom. The van der Waals surface area contributed by atoms with Crippen LogP contribution in [0.3, 0.4) is 0 Å². The molecule has 4 nitrogen and oxygen atoms in total. The van der Waals surface area contributed by atoms with Gasteiger partial charge in [-0.1, -0.05) is 45.4 Å². The van der Waals surface area contributed by atoms with Crippen LogP contribution in [0.4, 0.5) is 0 Å². The van der Waals surface area contributed by atoms with Crippen molar-refractivity contribution in [2.24, 2.45) is 5.73 Å². The molecule has 4 heteroatoms. The quantitative estimate of drug-likeness (QED) is 0.673. The monoisotopic (exact) mass is 238 g/mol. The molecule has 0 amide bonds. The fourth-order valence-corrected chi connectivity index (χ4v) is 1.86. The molecule has 98 valence electrons. The van der Waals surface area contributed by atoms with Gasteiger partial charge < -0.3 is 5.73 Å². The number of aromatic nitrogens is 3. The average Bonchev–Trinajstić information content (AvgIpc) is 2.77. The number of aryl methyl sites for hydroxylation is 1. The van der Waals surface area contributed by atoms with Crippen LogP contribution in [0.5, 0.6) is 0 Å². The van der Waals surface area contributed by atoms with Gasteiger partial charge in [0.2, 0.25) is 0 Å². The average molecular weight is 238 g/mol. The summed E-state index contributed by atoms with van der Waals surface area (Å²) in [5, 5.41) is 4.34. The first-order valence-corrected chi connectivity index (χ1v) is 6.89. The van der Waals surface area contributed by atoms with Gasteiger partial charge in [0, 0.05) is 6.54 Å². The van der Waals surface area contributed by atoms with E-state index in [9.17, 15) is 0 Å². The Morgan fingerprint density at radius 2 is 1.82 bits per heavy atom. The van der Waals surface area contributed by atoms with E-state index in [2.05, 4.69) is 17.0 Å². The summed E-state index contributed by atoms with van der Waals surface area (Å²) in [5.74, 6) is 0.743. The molecule has 0 fully saturated rings. The molecule has 0 aliphatic carbocycles. The number of nitrogens with two attached hydrogens (primary N) is 1. The molecule has 0 aliphatic rings. The molecule has 1 unspecified atom stereocenters. The molecular weight excluding hydrogens is 212 g/mol. The first kappa shape index (κ1) is 14.2. The van der Waals surface area contributed by atoms with Crippen LogP contribution < -0.4 is 5.73 Å². The SMILES string of the molecule is CCCCCCCCCn1cnc(C(C)N)n1. The second-order valence-electron chi connectivity index (χ2n) is 4.78. The first-order chi connectivity index (χ1) is 8.24. The molecule has 0 spiro atoms. The lowest BCUT2D eigenvalue weighted by atomic mass is 10.1. The van der Waals surface area contributed by atoms with E-state index in [1.54, 1.807) is 6.33 Å². The Hall–Kier alpha value is -0.900. The van der Waals surface area contributed by atoms with E-state index < -0.39 is 0 Å². The van der Waals surface area contributed by atoms with Crippen molar-refractivity contribution in [1.82, 2.24) is 14.8 Å². The van der Waals surface area contributed by atoms with Gasteiger partial charge in [0.15, 0.2) is 5.82 Å². The largest absolute Gasteiger partial charge is 0.321 e. The molecule has 1 atom stereocenters. The summed E-state index contributed by atoms with van der Waals surface area (Å²) < 4.78 is 1.91.